The minimum Gasteiger partial charge on any atom is -0.316 e. The molecule has 0 amide bonds. The zero-order valence-electron chi connectivity index (χ0n) is 12.2. The first-order chi connectivity index (χ1) is 9.16. The maximum absolute atomic E-state index is 4.42. The van der Waals surface area contributed by atoms with Crippen molar-refractivity contribution in [3.05, 3.63) is 42.1 Å². The summed E-state index contributed by atoms with van der Waals surface area (Å²) < 4.78 is 0. The maximum Gasteiger partial charge on any atom is 0.0704 e. The lowest BCUT2D eigenvalue weighted by molar-refractivity contribution is 0.474. The van der Waals surface area contributed by atoms with E-state index in [-0.39, 0.29) is 0 Å². The molecule has 1 aromatic carbocycles. The molecule has 102 valence electrons. The van der Waals surface area contributed by atoms with Crippen LogP contribution in [0.3, 0.4) is 0 Å². The summed E-state index contributed by atoms with van der Waals surface area (Å²) in [5.74, 6) is 1.36. The second-order valence-electron chi connectivity index (χ2n) is 5.85. The molecule has 0 bridgehead atoms. The van der Waals surface area contributed by atoms with Gasteiger partial charge in [-0.2, -0.15) is 0 Å². The summed E-state index contributed by atoms with van der Waals surface area (Å²) in [4.78, 5) is 4.42. The fraction of sp³-hybridized carbons (Fsp3) is 0.471. The van der Waals surface area contributed by atoms with Crippen LogP contribution in [0.25, 0.3) is 10.9 Å². The van der Waals surface area contributed by atoms with Crippen molar-refractivity contribution in [3.63, 3.8) is 0 Å². The summed E-state index contributed by atoms with van der Waals surface area (Å²) in [6.07, 6.45) is 2.97. The van der Waals surface area contributed by atoms with Gasteiger partial charge in [0.15, 0.2) is 0 Å². The van der Waals surface area contributed by atoms with Gasteiger partial charge >= 0.3 is 0 Å². The third-order valence-electron chi connectivity index (χ3n) is 3.35. The Labute approximate surface area is 116 Å². The zero-order valence-corrected chi connectivity index (χ0v) is 12.2. The summed E-state index contributed by atoms with van der Waals surface area (Å²) in [5.41, 5.74) is 2.51. The highest BCUT2D eigenvalue weighted by Crippen LogP contribution is 2.19. The number of benzene rings is 1. The molecule has 0 radical (unpaired) electrons. The molecule has 0 spiro atoms. The number of fused-ring (bicyclic) bond motifs is 1. The van der Waals surface area contributed by atoms with E-state index in [0.717, 1.165) is 25.0 Å². The molecule has 0 saturated carbocycles. The van der Waals surface area contributed by atoms with Crippen LogP contribution >= 0.6 is 0 Å². The van der Waals surface area contributed by atoms with Gasteiger partial charge in [0.25, 0.3) is 0 Å². The lowest BCUT2D eigenvalue weighted by Crippen LogP contribution is -2.26. The van der Waals surface area contributed by atoms with Gasteiger partial charge in [0.1, 0.15) is 0 Å². The van der Waals surface area contributed by atoms with Crippen LogP contribution in [0.4, 0.5) is 0 Å². The van der Waals surface area contributed by atoms with Crippen LogP contribution < -0.4 is 5.32 Å². The first kappa shape index (κ1) is 14.0. The molecule has 2 rings (SSSR count). The molecule has 1 atom stereocenters. The Morgan fingerprint density at radius 1 is 1.05 bits per heavy atom. The zero-order chi connectivity index (χ0) is 13.7. The number of pyridine rings is 1. The lowest BCUT2D eigenvalue weighted by Gasteiger charge is -2.15. The molecule has 0 saturated heterocycles. The molecule has 2 nitrogen and oxygen atoms in total. The first-order valence-electron chi connectivity index (χ1n) is 7.20. The van der Waals surface area contributed by atoms with Crippen LogP contribution in [0.2, 0.25) is 0 Å². The van der Waals surface area contributed by atoms with E-state index >= 15 is 0 Å². The van der Waals surface area contributed by atoms with Gasteiger partial charge < -0.3 is 5.32 Å². The van der Waals surface area contributed by atoms with E-state index in [2.05, 4.69) is 55.3 Å². The standard InChI is InChI=1S/C17H24N2/c1-13(2)11-18-12-14(3)10-15-6-4-8-17-16(15)7-5-9-19-17/h4-9,13-14,18H,10-12H2,1-3H3. The summed E-state index contributed by atoms with van der Waals surface area (Å²) in [7, 11) is 0. The SMILES string of the molecule is CC(C)CNCC(C)Cc1cccc2ncccc12. The van der Waals surface area contributed by atoms with Gasteiger partial charge in [0.2, 0.25) is 0 Å². The lowest BCUT2D eigenvalue weighted by atomic mass is 9.97. The predicted octanol–water partition coefficient (Wildman–Crippen LogP) is 3.66. The average molecular weight is 256 g/mol. The number of rotatable bonds is 6. The molecule has 2 heteroatoms. The highest BCUT2D eigenvalue weighted by Gasteiger charge is 2.07. The first-order valence-corrected chi connectivity index (χ1v) is 7.20. The Morgan fingerprint density at radius 3 is 2.68 bits per heavy atom. The monoisotopic (exact) mass is 256 g/mol. The van der Waals surface area contributed by atoms with Crippen molar-refractivity contribution in [2.45, 2.75) is 27.2 Å². The molecule has 1 heterocycles. The van der Waals surface area contributed by atoms with Gasteiger partial charge in [-0.3, -0.25) is 4.98 Å². The summed E-state index contributed by atoms with van der Waals surface area (Å²) in [6.45, 7) is 8.97. The number of nitrogens with zero attached hydrogens (tertiary/aromatic N) is 1. The number of hydrogen-bond acceptors (Lipinski definition) is 2. The molecule has 1 N–H and O–H groups in total. The highest BCUT2D eigenvalue weighted by atomic mass is 14.9. The van der Waals surface area contributed by atoms with Gasteiger partial charge in [-0.05, 0) is 49.0 Å². The number of nitrogens with one attached hydrogen (secondary N) is 1. The Balaban J connectivity index is 2.00. The predicted molar refractivity (Wildman–Crippen MR) is 82.3 cm³/mol. The smallest absolute Gasteiger partial charge is 0.0704 e. The van der Waals surface area contributed by atoms with Crippen LogP contribution in [-0.2, 0) is 6.42 Å². The third-order valence-corrected chi connectivity index (χ3v) is 3.35. The molecule has 1 aromatic heterocycles. The van der Waals surface area contributed by atoms with Crippen LogP contribution in [0.15, 0.2) is 36.5 Å². The topological polar surface area (TPSA) is 24.9 Å². The molecule has 19 heavy (non-hydrogen) atoms. The normalized spacial score (nSPS) is 13.1. The number of hydrogen-bond donors (Lipinski definition) is 1. The Bertz CT molecular complexity index is 514. The highest BCUT2D eigenvalue weighted by molar-refractivity contribution is 5.81. The van der Waals surface area contributed by atoms with Crippen LogP contribution in [-0.4, -0.2) is 18.1 Å². The van der Waals surface area contributed by atoms with E-state index in [9.17, 15) is 0 Å². The second kappa shape index (κ2) is 6.67. The molecule has 0 aliphatic rings. The molecular weight excluding hydrogens is 232 g/mol. The van der Waals surface area contributed by atoms with Gasteiger partial charge in [-0.15, -0.1) is 0 Å². The van der Waals surface area contributed by atoms with E-state index in [1.807, 2.05) is 12.3 Å². The Morgan fingerprint density at radius 2 is 1.89 bits per heavy atom. The van der Waals surface area contributed by atoms with E-state index in [1.165, 1.54) is 10.9 Å². The summed E-state index contributed by atoms with van der Waals surface area (Å²) >= 11 is 0. The summed E-state index contributed by atoms with van der Waals surface area (Å²) in [6, 6.07) is 10.6. The van der Waals surface area contributed by atoms with Crippen molar-refractivity contribution in [2.75, 3.05) is 13.1 Å². The third kappa shape index (κ3) is 4.03. The van der Waals surface area contributed by atoms with Crippen molar-refractivity contribution in [2.24, 2.45) is 11.8 Å². The van der Waals surface area contributed by atoms with Gasteiger partial charge in [0.05, 0.1) is 5.52 Å². The second-order valence-corrected chi connectivity index (χ2v) is 5.85. The fourth-order valence-corrected chi connectivity index (χ4v) is 2.41. The quantitative estimate of drug-likeness (QED) is 0.853. The van der Waals surface area contributed by atoms with Gasteiger partial charge in [-0.1, -0.05) is 39.0 Å². The Kier molecular flexibility index (Phi) is 4.92. The van der Waals surface area contributed by atoms with Crippen LogP contribution in [0, 0.1) is 11.8 Å². The van der Waals surface area contributed by atoms with Crippen molar-refractivity contribution in [1.82, 2.24) is 10.3 Å². The maximum atomic E-state index is 4.42. The minimum absolute atomic E-state index is 0.643. The fourth-order valence-electron chi connectivity index (χ4n) is 2.41. The molecule has 2 aromatic rings. The van der Waals surface area contributed by atoms with Crippen LogP contribution in [0.1, 0.15) is 26.3 Å². The van der Waals surface area contributed by atoms with Crippen LogP contribution in [0.5, 0.6) is 0 Å². The van der Waals surface area contributed by atoms with E-state index in [4.69, 9.17) is 0 Å². The molecule has 0 fully saturated rings. The molecule has 0 aliphatic heterocycles. The van der Waals surface area contributed by atoms with Crippen molar-refractivity contribution in [3.8, 4) is 0 Å². The van der Waals surface area contributed by atoms with Crippen molar-refractivity contribution < 1.29 is 0 Å². The van der Waals surface area contributed by atoms with E-state index < -0.39 is 0 Å². The Hall–Kier alpha value is -1.41. The van der Waals surface area contributed by atoms with Gasteiger partial charge in [-0.25, -0.2) is 0 Å². The molecule has 1 unspecified atom stereocenters. The van der Waals surface area contributed by atoms with Crippen molar-refractivity contribution >= 4 is 10.9 Å². The average Bonchev–Trinajstić information content (AvgIpc) is 2.39. The summed E-state index contributed by atoms with van der Waals surface area (Å²) in [5, 5.41) is 4.83. The molecule has 0 aliphatic carbocycles. The largest absolute Gasteiger partial charge is 0.316 e. The number of aromatic nitrogens is 1. The minimum atomic E-state index is 0.643. The van der Waals surface area contributed by atoms with Gasteiger partial charge in [0, 0.05) is 11.6 Å². The van der Waals surface area contributed by atoms with E-state index in [0.29, 0.717) is 11.8 Å². The molecular formula is C17H24N2. The van der Waals surface area contributed by atoms with E-state index in [1.54, 1.807) is 0 Å². The van der Waals surface area contributed by atoms with Crippen molar-refractivity contribution in [1.29, 1.82) is 0 Å².